The van der Waals surface area contributed by atoms with Gasteiger partial charge in [-0.25, -0.2) is 4.98 Å². The van der Waals surface area contributed by atoms with Crippen molar-refractivity contribution in [3.8, 4) is 0 Å². The van der Waals surface area contributed by atoms with E-state index >= 15 is 0 Å². The summed E-state index contributed by atoms with van der Waals surface area (Å²) in [6.07, 6.45) is -11.4. The van der Waals surface area contributed by atoms with Gasteiger partial charge in [0.1, 0.15) is 11.9 Å². The van der Waals surface area contributed by atoms with Crippen molar-refractivity contribution in [2.24, 2.45) is 0 Å². The molecule has 1 aromatic heterocycles. The van der Waals surface area contributed by atoms with Crippen LogP contribution < -0.4 is 10.6 Å². The maximum absolute atomic E-state index is 13.2. The molecule has 0 saturated heterocycles. The first-order valence-corrected chi connectivity index (χ1v) is 8.14. The van der Waals surface area contributed by atoms with Gasteiger partial charge >= 0.3 is 12.4 Å². The standard InChI is InChI=1S/C17H19F6N3O/c1-9(2)24-6-7-25-15(27)11-8-13(17(21,22)23)26-14-10(11)4-3-5-12(14)16(18,19)20/h3-5,8-9,15,24-25,27H,6-7H2,1-2H3. The van der Waals surface area contributed by atoms with E-state index in [1.807, 2.05) is 13.8 Å². The van der Waals surface area contributed by atoms with E-state index in [9.17, 15) is 31.4 Å². The predicted molar refractivity (Wildman–Crippen MR) is 87.8 cm³/mol. The molecular formula is C17H19F6N3O. The third kappa shape index (κ3) is 5.30. The van der Waals surface area contributed by atoms with Gasteiger partial charge in [-0.1, -0.05) is 26.0 Å². The number of rotatable bonds is 6. The number of halogens is 6. The average Bonchev–Trinajstić information content (AvgIpc) is 2.55. The van der Waals surface area contributed by atoms with Crippen LogP contribution in [-0.2, 0) is 12.4 Å². The lowest BCUT2D eigenvalue weighted by atomic mass is 10.0. The second kappa shape index (κ2) is 7.99. The Morgan fingerprint density at radius 1 is 1.00 bits per heavy atom. The van der Waals surface area contributed by atoms with E-state index in [2.05, 4.69) is 15.6 Å². The molecule has 1 unspecified atom stereocenters. The first-order chi connectivity index (χ1) is 12.4. The van der Waals surface area contributed by atoms with Gasteiger partial charge in [-0.05, 0) is 12.1 Å². The maximum atomic E-state index is 13.2. The molecule has 0 aliphatic rings. The van der Waals surface area contributed by atoms with Crippen molar-refractivity contribution in [2.75, 3.05) is 13.1 Å². The van der Waals surface area contributed by atoms with Crippen molar-refractivity contribution < 1.29 is 31.4 Å². The molecule has 0 spiro atoms. The lowest BCUT2D eigenvalue weighted by molar-refractivity contribution is -0.142. The highest BCUT2D eigenvalue weighted by Crippen LogP contribution is 2.38. The second-order valence-electron chi connectivity index (χ2n) is 6.26. The number of nitrogens with one attached hydrogen (secondary N) is 2. The smallest absolute Gasteiger partial charge is 0.374 e. The van der Waals surface area contributed by atoms with Crippen molar-refractivity contribution in [1.29, 1.82) is 0 Å². The third-order valence-electron chi connectivity index (χ3n) is 3.78. The lowest BCUT2D eigenvalue weighted by Crippen LogP contribution is -2.33. The number of aliphatic hydroxyl groups excluding tert-OH is 1. The van der Waals surface area contributed by atoms with Crippen LogP contribution in [0.2, 0.25) is 0 Å². The SMILES string of the molecule is CC(C)NCCNC(O)c1cc(C(F)(F)F)nc2c(C(F)(F)F)cccc12. The molecule has 4 nitrogen and oxygen atoms in total. The van der Waals surface area contributed by atoms with Crippen LogP contribution in [0.25, 0.3) is 10.9 Å². The zero-order chi connectivity index (χ0) is 20.4. The number of benzene rings is 1. The van der Waals surface area contributed by atoms with Gasteiger partial charge in [-0.2, -0.15) is 26.3 Å². The van der Waals surface area contributed by atoms with Gasteiger partial charge in [0.2, 0.25) is 0 Å². The van der Waals surface area contributed by atoms with Crippen molar-refractivity contribution in [1.82, 2.24) is 15.6 Å². The molecule has 0 aliphatic carbocycles. The zero-order valence-electron chi connectivity index (χ0n) is 14.5. The number of fused-ring (bicyclic) bond motifs is 1. The molecule has 0 aliphatic heterocycles. The summed E-state index contributed by atoms with van der Waals surface area (Å²) in [4.78, 5) is 3.18. The van der Waals surface area contributed by atoms with Gasteiger partial charge in [0.15, 0.2) is 0 Å². The minimum Gasteiger partial charge on any atom is -0.374 e. The van der Waals surface area contributed by atoms with Crippen LogP contribution >= 0.6 is 0 Å². The monoisotopic (exact) mass is 395 g/mol. The summed E-state index contributed by atoms with van der Waals surface area (Å²) >= 11 is 0. The number of aliphatic hydroxyl groups is 1. The van der Waals surface area contributed by atoms with Gasteiger partial charge in [0.05, 0.1) is 11.1 Å². The Morgan fingerprint density at radius 3 is 2.19 bits per heavy atom. The summed E-state index contributed by atoms with van der Waals surface area (Å²) in [5.41, 5.74) is -3.96. The Balaban J connectivity index is 2.50. The number of alkyl halides is 6. The van der Waals surface area contributed by atoms with E-state index < -0.39 is 35.4 Å². The van der Waals surface area contributed by atoms with Crippen LogP contribution in [-0.4, -0.2) is 29.2 Å². The molecule has 3 N–H and O–H groups in total. The summed E-state index contributed by atoms with van der Waals surface area (Å²) < 4.78 is 79.0. The fourth-order valence-corrected chi connectivity index (χ4v) is 2.55. The summed E-state index contributed by atoms with van der Waals surface area (Å²) in [5.74, 6) is 0. The first kappa shape index (κ1) is 21.4. The molecule has 0 saturated carbocycles. The highest BCUT2D eigenvalue weighted by Gasteiger charge is 2.37. The molecule has 1 heterocycles. The number of nitrogens with zero attached hydrogens (tertiary/aromatic N) is 1. The van der Waals surface area contributed by atoms with Gasteiger partial charge in [-0.15, -0.1) is 0 Å². The van der Waals surface area contributed by atoms with E-state index in [0.29, 0.717) is 18.7 Å². The molecule has 1 atom stereocenters. The van der Waals surface area contributed by atoms with Crippen LogP contribution in [0.3, 0.4) is 0 Å². The number of pyridine rings is 1. The highest BCUT2D eigenvalue weighted by atomic mass is 19.4. The Hall–Kier alpha value is -1.91. The second-order valence-corrected chi connectivity index (χ2v) is 6.26. The number of hydrogen-bond acceptors (Lipinski definition) is 4. The molecule has 10 heteroatoms. The topological polar surface area (TPSA) is 57.2 Å². The highest BCUT2D eigenvalue weighted by molar-refractivity contribution is 5.86. The Bertz CT molecular complexity index is 789. The molecule has 0 bridgehead atoms. The van der Waals surface area contributed by atoms with Gasteiger partial charge in [-0.3, -0.25) is 5.32 Å². The van der Waals surface area contributed by atoms with Crippen molar-refractivity contribution >= 4 is 10.9 Å². The van der Waals surface area contributed by atoms with Gasteiger partial charge < -0.3 is 10.4 Å². The molecule has 2 rings (SSSR count). The van der Waals surface area contributed by atoms with Gasteiger partial charge in [0.25, 0.3) is 0 Å². The molecule has 0 radical (unpaired) electrons. The Labute approximate surface area is 151 Å². The minimum absolute atomic E-state index is 0.164. The summed E-state index contributed by atoms with van der Waals surface area (Å²) in [6, 6.07) is 3.65. The quantitative estimate of drug-likeness (QED) is 0.395. The summed E-state index contributed by atoms with van der Waals surface area (Å²) in [6.45, 7) is 4.39. The van der Waals surface area contributed by atoms with Crippen molar-refractivity contribution in [3.63, 3.8) is 0 Å². The fourth-order valence-electron chi connectivity index (χ4n) is 2.55. The van der Waals surface area contributed by atoms with Crippen molar-refractivity contribution in [3.05, 3.63) is 41.1 Å². The average molecular weight is 395 g/mol. The lowest BCUT2D eigenvalue weighted by Gasteiger charge is -2.19. The van der Waals surface area contributed by atoms with E-state index in [1.54, 1.807) is 0 Å². The van der Waals surface area contributed by atoms with E-state index in [1.165, 1.54) is 6.07 Å². The maximum Gasteiger partial charge on any atom is 0.433 e. The Kier molecular flexibility index (Phi) is 6.33. The van der Waals surface area contributed by atoms with Crippen LogP contribution in [0, 0.1) is 0 Å². The molecule has 27 heavy (non-hydrogen) atoms. The normalized spacial score (nSPS) is 14.1. The van der Waals surface area contributed by atoms with Crippen LogP contribution in [0.15, 0.2) is 24.3 Å². The van der Waals surface area contributed by atoms with Crippen LogP contribution in [0.1, 0.15) is 36.9 Å². The number of hydrogen-bond donors (Lipinski definition) is 3. The largest absolute Gasteiger partial charge is 0.433 e. The molecular weight excluding hydrogens is 376 g/mol. The van der Waals surface area contributed by atoms with E-state index in [4.69, 9.17) is 0 Å². The molecule has 2 aromatic rings. The predicted octanol–water partition coefficient (Wildman–Crippen LogP) is 3.85. The first-order valence-electron chi connectivity index (χ1n) is 8.14. The summed E-state index contributed by atoms with van der Waals surface area (Å²) in [7, 11) is 0. The van der Waals surface area contributed by atoms with E-state index in [-0.39, 0.29) is 23.5 Å². The van der Waals surface area contributed by atoms with Gasteiger partial charge in [0, 0.05) is 30.1 Å². The van der Waals surface area contributed by atoms with Crippen LogP contribution in [0.4, 0.5) is 26.3 Å². The van der Waals surface area contributed by atoms with Crippen LogP contribution in [0.5, 0.6) is 0 Å². The number of para-hydroxylation sites is 1. The third-order valence-corrected chi connectivity index (χ3v) is 3.78. The minimum atomic E-state index is -4.96. The fraction of sp³-hybridized carbons (Fsp3) is 0.471. The van der Waals surface area contributed by atoms with E-state index in [0.717, 1.165) is 6.07 Å². The molecule has 150 valence electrons. The number of aromatic nitrogens is 1. The molecule has 0 amide bonds. The molecule has 1 aromatic carbocycles. The summed E-state index contributed by atoms with van der Waals surface area (Å²) in [5, 5.41) is 15.7. The zero-order valence-corrected chi connectivity index (χ0v) is 14.5. The molecule has 0 fully saturated rings. The van der Waals surface area contributed by atoms with Crippen molar-refractivity contribution in [2.45, 2.75) is 38.5 Å². The Morgan fingerprint density at radius 2 is 1.63 bits per heavy atom.